The number of nitrogens with one attached hydrogen (secondary N) is 1. The van der Waals surface area contributed by atoms with Crippen LogP contribution in [0, 0.1) is 22.7 Å². The van der Waals surface area contributed by atoms with E-state index in [1.807, 2.05) is 14.1 Å². The van der Waals surface area contributed by atoms with Gasteiger partial charge in [0.15, 0.2) is 0 Å². The number of hydrogen-bond acceptors (Lipinski definition) is 2. The van der Waals surface area contributed by atoms with E-state index in [0.29, 0.717) is 22.8 Å². The van der Waals surface area contributed by atoms with Crippen LogP contribution in [0.1, 0.15) is 60.3 Å². The molecule has 4 atom stereocenters. The Labute approximate surface area is 130 Å². The lowest BCUT2D eigenvalue weighted by Crippen LogP contribution is -2.57. The van der Waals surface area contributed by atoms with Crippen molar-refractivity contribution in [1.82, 2.24) is 10.2 Å². The van der Waals surface area contributed by atoms with Crippen molar-refractivity contribution in [2.24, 2.45) is 22.7 Å². The van der Waals surface area contributed by atoms with Gasteiger partial charge in [0.05, 0.1) is 6.04 Å². The maximum atomic E-state index is 12.6. The molecule has 122 valence electrons. The zero-order valence-electron chi connectivity index (χ0n) is 15.0. The Hall–Kier alpha value is -0.570. The number of likely N-dealkylation sites (N-methyl/N-ethyl adjacent to an activating group) is 1. The smallest absolute Gasteiger partial charge is 0.239 e. The van der Waals surface area contributed by atoms with Crippen LogP contribution in [-0.4, -0.2) is 37.0 Å². The highest BCUT2D eigenvalue weighted by atomic mass is 16.2. The van der Waals surface area contributed by atoms with Gasteiger partial charge in [-0.2, -0.15) is 0 Å². The topological polar surface area (TPSA) is 32.3 Å². The zero-order valence-corrected chi connectivity index (χ0v) is 15.0. The molecule has 21 heavy (non-hydrogen) atoms. The summed E-state index contributed by atoms with van der Waals surface area (Å²) >= 11 is 0. The second kappa shape index (κ2) is 5.57. The first-order valence-electron chi connectivity index (χ1n) is 8.55. The molecule has 2 fully saturated rings. The molecule has 3 heteroatoms. The Balaban J connectivity index is 2.18. The zero-order chi connectivity index (χ0) is 16.0. The second-order valence-electron chi connectivity index (χ2n) is 8.93. The molecule has 0 heterocycles. The van der Waals surface area contributed by atoms with Crippen LogP contribution < -0.4 is 5.32 Å². The largest absolute Gasteiger partial charge is 0.347 e. The molecule has 2 rings (SSSR count). The van der Waals surface area contributed by atoms with Gasteiger partial charge in [0.1, 0.15) is 0 Å². The summed E-state index contributed by atoms with van der Waals surface area (Å²) in [5.74, 6) is 1.57. The van der Waals surface area contributed by atoms with E-state index >= 15 is 0 Å². The van der Waals surface area contributed by atoms with E-state index in [0.717, 1.165) is 12.3 Å². The first kappa shape index (κ1) is 16.8. The highest BCUT2D eigenvalue weighted by Gasteiger charge is 2.59. The SMILES string of the molecule is CC(C)CC(NC1C(C)(C)[C@H]2CC[C@]1(C)C2)C(=O)N(C)C. The molecular weight excluding hydrogens is 260 g/mol. The lowest BCUT2D eigenvalue weighted by atomic mass is 9.68. The van der Waals surface area contributed by atoms with Crippen LogP contribution in [-0.2, 0) is 4.79 Å². The molecule has 2 aliphatic rings. The summed E-state index contributed by atoms with van der Waals surface area (Å²) in [4.78, 5) is 14.3. The molecule has 0 aromatic carbocycles. The van der Waals surface area contributed by atoms with Crippen molar-refractivity contribution in [1.29, 1.82) is 0 Å². The minimum Gasteiger partial charge on any atom is -0.347 e. The molecule has 0 aromatic heterocycles. The fraction of sp³-hybridized carbons (Fsp3) is 0.944. The van der Waals surface area contributed by atoms with E-state index in [4.69, 9.17) is 0 Å². The maximum Gasteiger partial charge on any atom is 0.239 e. The number of amides is 1. The molecule has 3 nitrogen and oxygen atoms in total. The van der Waals surface area contributed by atoms with Gasteiger partial charge >= 0.3 is 0 Å². The molecule has 2 saturated carbocycles. The number of carbonyl (C=O) groups is 1. The van der Waals surface area contributed by atoms with E-state index < -0.39 is 0 Å². The normalized spacial score (nSPS) is 35.2. The second-order valence-corrected chi connectivity index (χ2v) is 8.93. The third-order valence-electron chi connectivity index (χ3n) is 6.08. The fourth-order valence-corrected chi connectivity index (χ4v) is 4.94. The number of hydrogen-bond donors (Lipinski definition) is 1. The number of nitrogens with zero attached hydrogens (tertiary/aromatic N) is 1. The quantitative estimate of drug-likeness (QED) is 0.844. The Morgan fingerprint density at radius 2 is 1.90 bits per heavy atom. The summed E-state index contributed by atoms with van der Waals surface area (Å²) < 4.78 is 0. The average Bonchev–Trinajstić information content (AvgIpc) is 2.82. The summed E-state index contributed by atoms with van der Waals surface area (Å²) in [6.45, 7) is 11.6. The monoisotopic (exact) mass is 294 g/mol. The molecular formula is C18H34N2O. The highest BCUT2D eigenvalue weighted by Crippen LogP contribution is 2.62. The van der Waals surface area contributed by atoms with Gasteiger partial charge in [0.25, 0.3) is 0 Å². The predicted octanol–water partition coefficient (Wildman–Crippen LogP) is 3.29. The van der Waals surface area contributed by atoms with Crippen molar-refractivity contribution < 1.29 is 4.79 Å². The summed E-state index contributed by atoms with van der Waals surface area (Å²) in [6, 6.07) is 0.414. The molecule has 0 saturated heterocycles. The van der Waals surface area contributed by atoms with E-state index in [1.165, 1.54) is 19.3 Å². The molecule has 0 aliphatic heterocycles. The Kier molecular flexibility index (Phi) is 4.45. The van der Waals surface area contributed by atoms with Crippen LogP contribution in [0.2, 0.25) is 0 Å². The highest BCUT2D eigenvalue weighted by molar-refractivity contribution is 5.81. The molecule has 2 aliphatic carbocycles. The van der Waals surface area contributed by atoms with E-state index in [1.54, 1.807) is 4.90 Å². The van der Waals surface area contributed by atoms with E-state index in [-0.39, 0.29) is 11.9 Å². The van der Waals surface area contributed by atoms with Crippen molar-refractivity contribution in [2.45, 2.75) is 72.4 Å². The minimum absolute atomic E-state index is 0.0413. The van der Waals surface area contributed by atoms with Crippen molar-refractivity contribution in [3.63, 3.8) is 0 Å². The van der Waals surface area contributed by atoms with Gasteiger partial charge in [-0.1, -0.05) is 34.6 Å². The molecule has 0 aromatic rings. The van der Waals surface area contributed by atoms with Crippen LogP contribution in [0.15, 0.2) is 0 Å². The summed E-state index contributed by atoms with van der Waals surface area (Å²) in [7, 11) is 3.73. The van der Waals surface area contributed by atoms with Crippen LogP contribution in [0.5, 0.6) is 0 Å². The lowest BCUT2D eigenvalue weighted by Gasteiger charge is -2.45. The van der Waals surface area contributed by atoms with Gasteiger partial charge in [0, 0.05) is 20.1 Å². The molecule has 2 unspecified atom stereocenters. The van der Waals surface area contributed by atoms with E-state index in [9.17, 15) is 4.79 Å². The number of carbonyl (C=O) groups excluding carboxylic acids is 1. The standard InChI is InChI=1S/C18H34N2O/c1-12(2)10-14(15(21)20(6)7)19-16-17(3,4)13-8-9-18(16,5)11-13/h12-14,16,19H,8-11H2,1-7H3/t13-,14?,16?,18+/m0/s1. The fourth-order valence-electron chi connectivity index (χ4n) is 4.94. The first-order chi connectivity index (χ1) is 9.58. The minimum atomic E-state index is -0.0413. The predicted molar refractivity (Wildman–Crippen MR) is 88.1 cm³/mol. The maximum absolute atomic E-state index is 12.6. The summed E-state index contributed by atoms with van der Waals surface area (Å²) in [5.41, 5.74) is 0.671. The van der Waals surface area contributed by atoms with Crippen molar-refractivity contribution in [3.05, 3.63) is 0 Å². The van der Waals surface area contributed by atoms with Crippen molar-refractivity contribution >= 4 is 5.91 Å². The van der Waals surface area contributed by atoms with Gasteiger partial charge in [-0.3, -0.25) is 4.79 Å². The lowest BCUT2D eigenvalue weighted by molar-refractivity contribution is -0.132. The van der Waals surface area contributed by atoms with Crippen molar-refractivity contribution in [2.75, 3.05) is 14.1 Å². The average molecular weight is 294 g/mol. The Bertz CT molecular complexity index is 397. The molecule has 1 N–H and O–H groups in total. The van der Waals surface area contributed by atoms with Gasteiger partial charge < -0.3 is 10.2 Å². The third kappa shape index (κ3) is 2.99. The number of fused-ring (bicyclic) bond motifs is 2. The van der Waals surface area contributed by atoms with Crippen LogP contribution in [0.25, 0.3) is 0 Å². The van der Waals surface area contributed by atoms with Gasteiger partial charge in [-0.05, 0) is 48.3 Å². The summed E-state index contributed by atoms with van der Waals surface area (Å²) in [5, 5.41) is 3.80. The Morgan fingerprint density at radius 1 is 1.29 bits per heavy atom. The third-order valence-corrected chi connectivity index (χ3v) is 6.08. The van der Waals surface area contributed by atoms with Gasteiger partial charge in [-0.15, -0.1) is 0 Å². The molecule has 0 radical (unpaired) electrons. The van der Waals surface area contributed by atoms with Crippen LogP contribution in [0.3, 0.4) is 0 Å². The van der Waals surface area contributed by atoms with E-state index in [2.05, 4.69) is 39.9 Å². The van der Waals surface area contributed by atoms with Gasteiger partial charge in [0.2, 0.25) is 5.91 Å². The molecule has 2 bridgehead atoms. The summed E-state index contributed by atoms with van der Waals surface area (Å²) in [6.07, 6.45) is 4.91. The van der Waals surface area contributed by atoms with Crippen molar-refractivity contribution in [3.8, 4) is 0 Å². The van der Waals surface area contributed by atoms with Crippen LogP contribution >= 0.6 is 0 Å². The first-order valence-corrected chi connectivity index (χ1v) is 8.55. The van der Waals surface area contributed by atoms with Crippen LogP contribution in [0.4, 0.5) is 0 Å². The number of rotatable bonds is 5. The molecule has 0 spiro atoms. The van der Waals surface area contributed by atoms with Gasteiger partial charge in [-0.25, -0.2) is 0 Å². The Morgan fingerprint density at radius 3 is 2.33 bits per heavy atom. The molecule has 1 amide bonds.